The smallest absolute Gasteiger partial charge is 0.144 e. The minimum Gasteiger partial charge on any atom is -0.492 e. The molecule has 98 valence electrons. The number of fused-ring (bicyclic) bond motifs is 3. The molecule has 1 N–H and O–H groups in total. The molecule has 18 heavy (non-hydrogen) atoms. The zero-order valence-corrected chi connectivity index (χ0v) is 11.0. The molecule has 2 heterocycles. The van der Waals surface area contributed by atoms with Crippen LogP contribution >= 0.6 is 0 Å². The molecule has 4 nitrogen and oxygen atoms in total. The minimum absolute atomic E-state index is 0.346. The van der Waals surface area contributed by atoms with Crippen LogP contribution in [0.15, 0.2) is 18.2 Å². The highest BCUT2D eigenvalue weighted by Crippen LogP contribution is 2.41. The van der Waals surface area contributed by atoms with Gasteiger partial charge in [0, 0.05) is 26.2 Å². The monoisotopic (exact) mass is 248 g/mol. The van der Waals surface area contributed by atoms with Gasteiger partial charge >= 0.3 is 0 Å². The Labute approximate surface area is 108 Å². The quantitative estimate of drug-likeness (QED) is 0.888. The van der Waals surface area contributed by atoms with Crippen molar-refractivity contribution >= 4 is 11.4 Å². The molecule has 0 radical (unpaired) electrons. The van der Waals surface area contributed by atoms with Gasteiger partial charge in [0.05, 0.1) is 18.4 Å². The Morgan fingerprint density at radius 3 is 3.11 bits per heavy atom. The van der Waals surface area contributed by atoms with E-state index in [0.29, 0.717) is 18.8 Å². The SMILES string of the molecule is CCOc1cccc2c1NCC1CC(OC)CN21. The fourth-order valence-electron chi connectivity index (χ4n) is 2.97. The van der Waals surface area contributed by atoms with E-state index in [9.17, 15) is 0 Å². The number of nitrogens with one attached hydrogen (secondary N) is 1. The summed E-state index contributed by atoms with van der Waals surface area (Å²) in [4.78, 5) is 2.45. The third kappa shape index (κ3) is 1.81. The Bertz CT molecular complexity index is 436. The second kappa shape index (κ2) is 4.69. The normalized spacial score (nSPS) is 25.3. The lowest BCUT2D eigenvalue weighted by Crippen LogP contribution is -2.39. The first-order valence-electron chi connectivity index (χ1n) is 6.62. The Hall–Kier alpha value is -1.42. The van der Waals surface area contributed by atoms with Crippen LogP contribution in [0.4, 0.5) is 11.4 Å². The number of ether oxygens (including phenoxy) is 2. The van der Waals surface area contributed by atoms with Crippen LogP contribution in [-0.2, 0) is 4.74 Å². The number of benzene rings is 1. The number of nitrogens with zero attached hydrogens (tertiary/aromatic N) is 1. The molecule has 0 aliphatic carbocycles. The molecule has 1 aromatic rings. The second-order valence-electron chi connectivity index (χ2n) is 4.86. The first-order chi connectivity index (χ1) is 8.83. The van der Waals surface area contributed by atoms with Crippen LogP contribution in [0.5, 0.6) is 5.75 Å². The molecular weight excluding hydrogens is 228 g/mol. The van der Waals surface area contributed by atoms with Gasteiger partial charge in [-0.1, -0.05) is 6.07 Å². The van der Waals surface area contributed by atoms with Gasteiger partial charge in [-0.3, -0.25) is 0 Å². The molecule has 0 amide bonds. The number of anilines is 2. The van der Waals surface area contributed by atoms with Gasteiger partial charge in [0.25, 0.3) is 0 Å². The van der Waals surface area contributed by atoms with Crippen LogP contribution in [0.3, 0.4) is 0 Å². The van der Waals surface area contributed by atoms with E-state index in [1.54, 1.807) is 7.11 Å². The van der Waals surface area contributed by atoms with Crippen molar-refractivity contribution in [1.82, 2.24) is 0 Å². The van der Waals surface area contributed by atoms with Crippen LogP contribution in [0.25, 0.3) is 0 Å². The lowest BCUT2D eigenvalue weighted by atomic mass is 10.1. The summed E-state index contributed by atoms with van der Waals surface area (Å²) in [5.41, 5.74) is 2.38. The zero-order valence-electron chi connectivity index (χ0n) is 11.0. The summed E-state index contributed by atoms with van der Waals surface area (Å²) in [5.74, 6) is 0.953. The van der Waals surface area contributed by atoms with E-state index in [4.69, 9.17) is 9.47 Å². The standard InChI is InChI=1S/C14H20N2O2/c1-3-18-13-6-4-5-12-14(13)15-8-10-7-11(17-2)9-16(10)12/h4-6,10-11,15H,3,7-9H2,1-2H3. The van der Waals surface area contributed by atoms with Gasteiger partial charge < -0.3 is 19.7 Å². The highest BCUT2D eigenvalue weighted by atomic mass is 16.5. The fourth-order valence-corrected chi connectivity index (χ4v) is 2.97. The summed E-state index contributed by atoms with van der Waals surface area (Å²) in [5, 5.41) is 3.51. The summed E-state index contributed by atoms with van der Waals surface area (Å²) in [6.07, 6.45) is 1.44. The molecule has 2 atom stereocenters. The number of hydrogen-bond donors (Lipinski definition) is 1. The zero-order chi connectivity index (χ0) is 12.5. The average Bonchev–Trinajstić information content (AvgIpc) is 2.83. The van der Waals surface area contributed by atoms with E-state index in [-0.39, 0.29) is 0 Å². The highest BCUT2D eigenvalue weighted by Gasteiger charge is 2.36. The summed E-state index contributed by atoms with van der Waals surface area (Å²) in [6, 6.07) is 6.79. The van der Waals surface area contributed by atoms with Gasteiger partial charge in [-0.05, 0) is 25.5 Å². The highest BCUT2D eigenvalue weighted by molar-refractivity contribution is 5.79. The predicted molar refractivity (Wildman–Crippen MR) is 72.6 cm³/mol. The Balaban J connectivity index is 1.93. The second-order valence-corrected chi connectivity index (χ2v) is 4.86. The number of para-hydroxylation sites is 1. The molecule has 0 bridgehead atoms. The Kier molecular flexibility index (Phi) is 3.04. The Morgan fingerprint density at radius 2 is 2.33 bits per heavy atom. The van der Waals surface area contributed by atoms with Crippen molar-refractivity contribution in [2.24, 2.45) is 0 Å². The van der Waals surface area contributed by atoms with Crippen molar-refractivity contribution < 1.29 is 9.47 Å². The molecule has 2 aliphatic heterocycles. The van der Waals surface area contributed by atoms with E-state index in [0.717, 1.165) is 30.9 Å². The number of methoxy groups -OCH3 is 1. The van der Waals surface area contributed by atoms with Gasteiger partial charge in [-0.25, -0.2) is 0 Å². The van der Waals surface area contributed by atoms with E-state index < -0.39 is 0 Å². The summed E-state index contributed by atoms with van der Waals surface area (Å²) in [7, 11) is 1.80. The van der Waals surface area contributed by atoms with Crippen LogP contribution in [0.1, 0.15) is 13.3 Å². The van der Waals surface area contributed by atoms with Crippen molar-refractivity contribution in [1.29, 1.82) is 0 Å². The lowest BCUT2D eigenvalue weighted by molar-refractivity contribution is 0.118. The molecule has 0 aromatic heterocycles. The molecule has 1 fully saturated rings. The third-order valence-corrected chi connectivity index (χ3v) is 3.84. The molecular formula is C14H20N2O2. The first-order valence-corrected chi connectivity index (χ1v) is 6.62. The largest absolute Gasteiger partial charge is 0.492 e. The summed E-state index contributed by atoms with van der Waals surface area (Å²) in [6.45, 7) is 4.66. The predicted octanol–water partition coefficient (Wildman–Crippen LogP) is 2.10. The maximum Gasteiger partial charge on any atom is 0.144 e. The van der Waals surface area contributed by atoms with E-state index in [1.165, 1.54) is 5.69 Å². The van der Waals surface area contributed by atoms with Crippen molar-refractivity contribution in [3.05, 3.63) is 18.2 Å². The molecule has 2 aliphatic rings. The van der Waals surface area contributed by atoms with Crippen molar-refractivity contribution in [2.45, 2.75) is 25.5 Å². The molecule has 0 saturated carbocycles. The van der Waals surface area contributed by atoms with Gasteiger partial charge in [0.15, 0.2) is 0 Å². The van der Waals surface area contributed by atoms with E-state index in [2.05, 4.69) is 22.3 Å². The van der Waals surface area contributed by atoms with E-state index >= 15 is 0 Å². The van der Waals surface area contributed by atoms with E-state index in [1.807, 2.05) is 13.0 Å². The molecule has 3 rings (SSSR count). The third-order valence-electron chi connectivity index (χ3n) is 3.84. The summed E-state index contributed by atoms with van der Waals surface area (Å²) >= 11 is 0. The fraction of sp³-hybridized carbons (Fsp3) is 0.571. The van der Waals surface area contributed by atoms with Crippen molar-refractivity contribution in [3.63, 3.8) is 0 Å². The molecule has 0 spiro atoms. The minimum atomic E-state index is 0.346. The van der Waals surface area contributed by atoms with Crippen molar-refractivity contribution in [3.8, 4) is 5.75 Å². The molecule has 1 aromatic carbocycles. The Morgan fingerprint density at radius 1 is 1.44 bits per heavy atom. The molecule has 2 unspecified atom stereocenters. The molecule has 4 heteroatoms. The van der Waals surface area contributed by atoms with Crippen LogP contribution in [-0.4, -0.2) is 39.0 Å². The van der Waals surface area contributed by atoms with Crippen molar-refractivity contribution in [2.75, 3.05) is 37.0 Å². The number of rotatable bonds is 3. The van der Waals surface area contributed by atoms with Crippen LogP contribution in [0.2, 0.25) is 0 Å². The van der Waals surface area contributed by atoms with Crippen LogP contribution < -0.4 is 15.0 Å². The average molecular weight is 248 g/mol. The maximum absolute atomic E-state index is 5.69. The van der Waals surface area contributed by atoms with Gasteiger partial charge in [-0.15, -0.1) is 0 Å². The van der Waals surface area contributed by atoms with Gasteiger partial charge in [0.1, 0.15) is 11.4 Å². The van der Waals surface area contributed by atoms with Gasteiger partial charge in [0.2, 0.25) is 0 Å². The maximum atomic E-state index is 5.69. The summed E-state index contributed by atoms with van der Waals surface area (Å²) < 4.78 is 11.2. The lowest BCUT2D eigenvalue weighted by Gasteiger charge is -2.34. The van der Waals surface area contributed by atoms with Crippen LogP contribution in [0, 0.1) is 0 Å². The van der Waals surface area contributed by atoms with Gasteiger partial charge in [-0.2, -0.15) is 0 Å². The topological polar surface area (TPSA) is 33.7 Å². The first kappa shape index (κ1) is 11.7. The molecule has 1 saturated heterocycles. The number of hydrogen-bond acceptors (Lipinski definition) is 4.